The lowest BCUT2D eigenvalue weighted by molar-refractivity contribution is -0.134. The van der Waals surface area contributed by atoms with Crippen LogP contribution >= 0.6 is 0 Å². The van der Waals surface area contributed by atoms with Gasteiger partial charge in [0.25, 0.3) is 0 Å². The molecule has 88 valence electrons. The summed E-state index contributed by atoms with van der Waals surface area (Å²) in [6, 6.07) is 0. The van der Waals surface area contributed by atoms with Crippen LogP contribution in [0.5, 0.6) is 0 Å². The van der Waals surface area contributed by atoms with Crippen LogP contribution in [0.2, 0.25) is 0 Å². The van der Waals surface area contributed by atoms with Gasteiger partial charge in [-0.1, -0.05) is 6.92 Å². The van der Waals surface area contributed by atoms with Gasteiger partial charge in [-0.15, -0.1) is 0 Å². The Morgan fingerprint density at radius 1 is 1.67 bits per heavy atom. The molecule has 0 aromatic carbocycles. The number of piperidine rings is 1. The average Bonchev–Trinajstić information content (AvgIpc) is 2.28. The molecular weight excluding hydrogens is 192 g/mol. The maximum Gasteiger partial charge on any atom is 0.222 e. The molecule has 15 heavy (non-hydrogen) atoms. The Bertz CT molecular complexity index is 209. The van der Waals surface area contributed by atoms with Crippen LogP contribution in [-0.2, 0) is 4.79 Å². The summed E-state index contributed by atoms with van der Waals surface area (Å²) in [4.78, 5) is 13.7. The van der Waals surface area contributed by atoms with Gasteiger partial charge in [0, 0.05) is 26.1 Å². The minimum Gasteiger partial charge on any atom is -0.396 e. The zero-order valence-corrected chi connectivity index (χ0v) is 9.48. The van der Waals surface area contributed by atoms with E-state index in [1.165, 1.54) is 0 Å². The fraction of sp³-hybridized carbons (Fsp3) is 0.909. The number of nitrogens with two attached hydrogens (primary N) is 1. The van der Waals surface area contributed by atoms with Crippen molar-refractivity contribution in [1.29, 1.82) is 0 Å². The first-order valence-electron chi connectivity index (χ1n) is 5.76. The van der Waals surface area contributed by atoms with Crippen molar-refractivity contribution in [3.8, 4) is 0 Å². The molecule has 0 aliphatic carbocycles. The van der Waals surface area contributed by atoms with Crippen LogP contribution < -0.4 is 5.73 Å². The van der Waals surface area contributed by atoms with Gasteiger partial charge in [-0.3, -0.25) is 4.79 Å². The molecule has 2 unspecified atom stereocenters. The first-order valence-corrected chi connectivity index (χ1v) is 5.76. The van der Waals surface area contributed by atoms with Gasteiger partial charge in [0.05, 0.1) is 0 Å². The Morgan fingerprint density at radius 2 is 2.40 bits per heavy atom. The molecule has 1 heterocycles. The van der Waals surface area contributed by atoms with E-state index in [0.717, 1.165) is 19.4 Å². The number of nitrogens with zero attached hydrogens (tertiary/aromatic N) is 1. The number of amides is 1. The molecule has 0 radical (unpaired) electrons. The SMILES string of the molecule is CC(CN)CC(=O)N1CCCC(CO)C1. The van der Waals surface area contributed by atoms with Gasteiger partial charge in [0.15, 0.2) is 0 Å². The number of likely N-dealkylation sites (tertiary alicyclic amines) is 1. The van der Waals surface area contributed by atoms with E-state index in [2.05, 4.69) is 0 Å². The molecule has 4 heteroatoms. The Balaban J connectivity index is 2.38. The van der Waals surface area contributed by atoms with Gasteiger partial charge in [-0.2, -0.15) is 0 Å². The minimum atomic E-state index is 0.186. The Hall–Kier alpha value is -0.610. The molecule has 0 saturated carbocycles. The van der Waals surface area contributed by atoms with Crippen LogP contribution in [0.3, 0.4) is 0 Å². The third-order valence-electron chi connectivity index (χ3n) is 3.06. The molecule has 0 bridgehead atoms. The first kappa shape index (κ1) is 12.5. The fourth-order valence-corrected chi connectivity index (χ4v) is 1.95. The molecule has 0 aromatic heterocycles. The van der Waals surface area contributed by atoms with Crippen LogP contribution in [0, 0.1) is 11.8 Å². The van der Waals surface area contributed by atoms with Crippen molar-refractivity contribution >= 4 is 5.91 Å². The van der Waals surface area contributed by atoms with E-state index in [-0.39, 0.29) is 24.3 Å². The highest BCUT2D eigenvalue weighted by molar-refractivity contribution is 5.76. The van der Waals surface area contributed by atoms with E-state index in [1.54, 1.807) is 0 Å². The number of rotatable bonds is 4. The van der Waals surface area contributed by atoms with Crippen LogP contribution in [0.25, 0.3) is 0 Å². The van der Waals surface area contributed by atoms with Crippen molar-refractivity contribution in [3.63, 3.8) is 0 Å². The normalized spacial score (nSPS) is 23.9. The molecule has 2 atom stereocenters. The lowest BCUT2D eigenvalue weighted by atomic mass is 9.98. The highest BCUT2D eigenvalue weighted by Crippen LogP contribution is 2.17. The van der Waals surface area contributed by atoms with Crippen LogP contribution in [0.4, 0.5) is 0 Å². The molecule has 1 rings (SSSR count). The summed E-state index contributed by atoms with van der Waals surface area (Å²) >= 11 is 0. The Kier molecular flexibility index (Phi) is 5.05. The number of aliphatic hydroxyl groups is 1. The average molecular weight is 214 g/mol. The fourth-order valence-electron chi connectivity index (χ4n) is 1.95. The lowest BCUT2D eigenvalue weighted by Gasteiger charge is -2.32. The van der Waals surface area contributed by atoms with Crippen molar-refractivity contribution in [3.05, 3.63) is 0 Å². The molecule has 4 nitrogen and oxygen atoms in total. The van der Waals surface area contributed by atoms with Gasteiger partial charge in [-0.05, 0) is 31.2 Å². The van der Waals surface area contributed by atoms with Gasteiger partial charge in [-0.25, -0.2) is 0 Å². The molecular formula is C11H22N2O2. The van der Waals surface area contributed by atoms with Crippen molar-refractivity contribution in [1.82, 2.24) is 4.90 Å². The summed E-state index contributed by atoms with van der Waals surface area (Å²) in [5.41, 5.74) is 5.49. The second-order valence-corrected chi connectivity index (χ2v) is 4.58. The standard InChI is InChI=1S/C11H22N2O2/c1-9(6-12)5-11(15)13-4-2-3-10(7-13)8-14/h9-10,14H,2-8,12H2,1H3. The predicted octanol–water partition coefficient (Wildman–Crippen LogP) is 0.202. The van der Waals surface area contributed by atoms with Gasteiger partial charge in [0.2, 0.25) is 5.91 Å². The van der Waals surface area contributed by atoms with E-state index in [1.807, 2.05) is 11.8 Å². The van der Waals surface area contributed by atoms with Crippen molar-refractivity contribution in [2.75, 3.05) is 26.2 Å². The second-order valence-electron chi connectivity index (χ2n) is 4.58. The highest BCUT2D eigenvalue weighted by atomic mass is 16.3. The smallest absolute Gasteiger partial charge is 0.222 e. The zero-order chi connectivity index (χ0) is 11.3. The van der Waals surface area contributed by atoms with Crippen LogP contribution in [-0.4, -0.2) is 42.2 Å². The zero-order valence-electron chi connectivity index (χ0n) is 9.48. The summed E-state index contributed by atoms with van der Waals surface area (Å²) < 4.78 is 0. The Morgan fingerprint density at radius 3 is 3.00 bits per heavy atom. The maximum atomic E-state index is 11.8. The second kappa shape index (κ2) is 6.08. The summed E-state index contributed by atoms with van der Waals surface area (Å²) in [6.45, 7) is 4.30. The molecule has 1 fully saturated rings. The number of carbonyl (C=O) groups is 1. The summed E-state index contributed by atoms with van der Waals surface area (Å²) in [5.74, 6) is 0.717. The third kappa shape index (κ3) is 3.80. The molecule has 1 aliphatic rings. The summed E-state index contributed by atoms with van der Waals surface area (Å²) in [5, 5.41) is 9.06. The van der Waals surface area contributed by atoms with Crippen LogP contribution in [0.15, 0.2) is 0 Å². The number of aliphatic hydroxyl groups excluding tert-OH is 1. The quantitative estimate of drug-likeness (QED) is 0.702. The van der Waals surface area contributed by atoms with E-state index >= 15 is 0 Å². The largest absolute Gasteiger partial charge is 0.396 e. The monoisotopic (exact) mass is 214 g/mol. The van der Waals surface area contributed by atoms with E-state index in [0.29, 0.717) is 19.5 Å². The van der Waals surface area contributed by atoms with E-state index in [4.69, 9.17) is 10.8 Å². The number of hydrogen-bond donors (Lipinski definition) is 2. The topological polar surface area (TPSA) is 66.6 Å². The van der Waals surface area contributed by atoms with E-state index in [9.17, 15) is 4.79 Å². The van der Waals surface area contributed by atoms with Crippen molar-refractivity contribution in [2.45, 2.75) is 26.2 Å². The molecule has 0 aromatic rings. The van der Waals surface area contributed by atoms with Gasteiger partial charge >= 0.3 is 0 Å². The molecule has 1 saturated heterocycles. The van der Waals surface area contributed by atoms with Gasteiger partial charge < -0.3 is 15.7 Å². The third-order valence-corrected chi connectivity index (χ3v) is 3.06. The lowest BCUT2D eigenvalue weighted by Crippen LogP contribution is -2.41. The van der Waals surface area contributed by atoms with E-state index < -0.39 is 0 Å². The molecule has 1 aliphatic heterocycles. The maximum absolute atomic E-state index is 11.8. The summed E-state index contributed by atoms with van der Waals surface area (Å²) in [6.07, 6.45) is 2.58. The number of carbonyl (C=O) groups excluding carboxylic acids is 1. The predicted molar refractivity (Wildman–Crippen MR) is 59.2 cm³/mol. The highest BCUT2D eigenvalue weighted by Gasteiger charge is 2.23. The molecule has 1 amide bonds. The van der Waals surface area contributed by atoms with Gasteiger partial charge in [0.1, 0.15) is 0 Å². The summed E-state index contributed by atoms with van der Waals surface area (Å²) in [7, 11) is 0. The Labute approximate surface area is 91.4 Å². The first-order chi connectivity index (χ1) is 7.17. The van der Waals surface area contributed by atoms with Crippen LogP contribution in [0.1, 0.15) is 26.2 Å². The number of hydrogen-bond acceptors (Lipinski definition) is 3. The molecule has 3 N–H and O–H groups in total. The van der Waals surface area contributed by atoms with Crippen molar-refractivity contribution in [2.24, 2.45) is 17.6 Å². The van der Waals surface area contributed by atoms with Crippen molar-refractivity contribution < 1.29 is 9.90 Å². The molecule has 0 spiro atoms. The minimum absolute atomic E-state index is 0.186.